The molecule has 5 rings (SSSR count). The molecule has 2 atom stereocenters. The number of ether oxygens (including phenoxy) is 1. The second kappa shape index (κ2) is 8.78. The van der Waals surface area contributed by atoms with Crippen molar-refractivity contribution in [2.75, 3.05) is 19.7 Å². The molecule has 33 heavy (non-hydrogen) atoms. The molecule has 7 heteroatoms. The number of H-pyrrole nitrogens is 1. The van der Waals surface area contributed by atoms with Crippen LogP contribution in [-0.4, -0.2) is 41.5 Å². The molecule has 0 radical (unpaired) electrons. The van der Waals surface area contributed by atoms with Crippen LogP contribution in [0.5, 0.6) is 5.75 Å². The van der Waals surface area contributed by atoms with Gasteiger partial charge >= 0.3 is 0 Å². The lowest BCUT2D eigenvalue weighted by atomic mass is 9.94. The van der Waals surface area contributed by atoms with E-state index in [2.05, 4.69) is 16.8 Å². The molecule has 1 aliphatic heterocycles. The van der Waals surface area contributed by atoms with Crippen LogP contribution >= 0.6 is 0 Å². The number of hydrogen-bond donors (Lipinski definition) is 2. The summed E-state index contributed by atoms with van der Waals surface area (Å²) in [4.78, 5) is 17.6. The van der Waals surface area contributed by atoms with Gasteiger partial charge in [-0.2, -0.15) is 0 Å². The SMILES string of the molecule is C[C@H](Cc1c[nH]c2ccc(F)cc12)CN(CC1CC1)[C@H]1COc2c(F)ccc(C(N)=O)c2C1. The smallest absolute Gasteiger partial charge is 0.249 e. The summed E-state index contributed by atoms with van der Waals surface area (Å²) in [6.45, 7) is 4.37. The summed E-state index contributed by atoms with van der Waals surface area (Å²) < 4.78 is 33.9. The Labute approximate surface area is 191 Å². The van der Waals surface area contributed by atoms with Gasteiger partial charge in [0.25, 0.3) is 0 Å². The normalized spacial score (nSPS) is 18.8. The van der Waals surface area contributed by atoms with Crippen LogP contribution in [0.3, 0.4) is 0 Å². The Bertz CT molecular complexity index is 1190. The molecule has 2 heterocycles. The minimum absolute atomic E-state index is 0.0425. The van der Waals surface area contributed by atoms with Gasteiger partial charge in [0, 0.05) is 47.4 Å². The molecule has 0 unspecified atom stereocenters. The first-order valence-electron chi connectivity index (χ1n) is 11.6. The fraction of sp³-hybridized carbons (Fsp3) is 0.423. The number of nitrogens with one attached hydrogen (secondary N) is 1. The van der Waals surface area contributed by atoms with Crippen molar-refractivity contribution in [2.45, 2.75) is 38.6 Å². The van der Waals surface area contributed by atoms with E-state index in [0.29, 0.717) is 36.0 Å². The zero-order valence-corrected chi connectivity index (χ0v) is 18.7. The monoisotopic (exact) mass is 453 g/mol. The van der Waals surface area contributed by atoms with Crippen LogP contribution in [0.1, 0.15) is 41.3 Å². The maximum atomic E-state index is 14.3. The second-order valence-electron chi connectivity index (χ2n) is 9.65. The van der Waals surface area contributed by atoms with Crippen molar-refractivity contribution >= 4 is 16.8 Å². The lowest BCUT2D eigenvalue weighted by Crippen LogP contribution is -2.46. The Balaban J connectivity index is 1.34. The summed E-state index contributed by atoms with van der Waals surface area (Å²) in [6.07, 6.45) is 5.75. The van der Waals surface area contributed by atoms with E-state index in [4.69, 9.17) is 10.5 Å². The van der Waals surface area contributed by atoms with E-state index in [9.17, 15) is 13.6 Å². The van der Waals surface area contributed by atoms with Crippen LogP contribution < -0.4 is 10.5 Å². The Morgan fingerprint density at radius 3 is 2.85 bits per heavy atom. The zero-order valence-electron chi connectivity index (χ0n) is 18.7. The standard InChI is InChI=1S/C26H29F2N3O2/c1-15(8-17-11-30-24-7-4-18(27)9-21(17)24)12-31(13-16-2-3-16)19-10-22-20(26(29)32)5-6-23(28)25(22)33-14-19/h4-7,9,11,15-16,19,30H,2-3,8,10,12-14H2,1H3,(H2,29,32)/t15-,19-/m1/s1. The summed E-state index contributed by atoms with van der Waals surface area (Å²) in [5.74, 6) is -0.115. The third-order valence-corrected chi connectivity index (χ3v) is 6.89. The number of halogens is 2. The van der Waals surface area contributed by atoms with E-state index in [1.54, 1.807) is 12.1 Å². The molecular formula is C26H29F2N3O2. The van der Waals surface area contributed by atoms with Crippen LogP contribution in [-0.2, 0) is 12.8 Å². The lowest BCUT2D eigenvalue weighted by Gasteiger charge is -2.37. The van der Waals surface area contributed by atoms with Gasteiger partial charge in [-0.1, -0.05) is 6.92 Å². The van der Waals surface area contributed by atoms with Gasteiger partial charge in [0.05, 0.1) is 0 Å². The molecule has 5 nitrogen and oxygen atoms in total. The number of benzene rings is 2. The van der Waals surface area contributed by atoms with Crippen molar-refractivity contribution in [1.82, 2.24) is 9.88 Å². The van der Waals surface area contributed by atoms with Gasteiger partial charge in [0.15, 0.2) is 11.6 Å². The van der Waals surface area contributed by atoms with Gasteiger partial charge in [0.1, 0.15) is 12.4 Å². The number of nitrogens with zero attached hydrogens (tertiary/aromatic N) is 1. The number of rotatable bonds is 8. The predicted octanol–water partition coefficient (Wildman–Crippen LogP) is 4.44. The average molecular weight is 454 g/mol. The zero-order chi connectivity index (χ0) is 23.1. The highest BCUT2D eigenvalue weighted by atomic mass is 19.1. The number of carbonyl (C=O) groups is 1. The molecule has 1 saturated carbocycles. The minimum atomic E-state index is -0.566. The van der Waals surface area contributed by atoms with Gasteiger partial charge < -0.3 is 15.5 Å². The van der Waals surface area contributed by atoms with E-state index in [-0.39, 0.29) is 17.6 Å². The second-order valence-corrected chi connectivity index (χ2v) is 9.65. The van der Waals surface area contributed by atoms with E-state index in [1.807, 2.05) is 6.20 Å². The molecular weight excluding hydrogens is 424 g/mol. The molecule has 1 fully saturated rings. The number of carbonyl (C=O) groups excluding carboxylic acids is 1. The molecule has 1 aromatic heterocycles. The highest BCUT2D eigenvalue weighted by Gasteiger charge is 2.34. The molecule has 3 N–H and O–H groups in total. The molecule has 1 aliphatic carbocycles. The number of nitrogens with two attached hydrogens (primary N) is 1. The number of amides is 1. The third kappa shape index (κ3) is 4.60. The Hall–Kier alpha value is -2.93. The van der Waals surface area contributed by atoms with Gasteiger partial charge in [-0.3, -0.25) is 9.69 Å². The van der Waals surface area contributed by atoms with Crippen LogP contribution in [0.25, 0.3) is 10.9 Å². The molecule has 3 aromatic rings. The van der Waals surface area contributed by atoms with Crippen molar-refractivity contribution in [3.05, 3.63) is 64.9 Å². The summed E-state index contributed by atoms with van der Waals surface area (Å²) in [7, 11) is 0. The lowest BCUT2D eigenvalue weighted by molar-refractivity contribution is 0.0944. The van der Waals surface area contributed by atoms with E-state index >= 15 is 0 Å². The summed E-state index contributed by atoms with van der Waals surface area (Å²) in [5.41, 5.74) is 8.49. The molecule has 2 aromatic carbocycles. The Morgan fingerprint density at radius 2 is 2.09 bits per heavy atom. The largest absolute Gasteiger partial charge is 0.489 e. The van der Waals surface area contributed by atoms with Crippen molar-refractivity contribution < 1.29 is 18.3 Å². The summed E-state index contributed by atoms with van der Waals surface area (Å²) in [6, 6.07) is 7.56. The maximum absolute atomic E-state index is 14.3. The van der Waals surface area contributed by atoms with Gasteiger partial charge in [0.2, 0.25) is 5.91 Å². The average Bonchev–Trinajstić information content (AvgIpc) is 3.53. The topological polar surface area (TPSA) is 71.3 Å². The third-order valence-electron chi connectivity index (χ3n) is 6.89. The van der Waals surface area contributed by atoms with Crippen molar-refractivity contribution in [3.63, 3.8) is 0 Å². The minimum Gasteiger partial charge on any atom is -0.489 e. The number of primary amides is 1. The van der Waals surface area contributed by atoms with Crippen LogP contribution in [0.2, 0.25) is 0 Å². The fourth-order valence-electron chi connectivity index (χ4n) is 5.06. The Kier molecular flexibility index (Phi) is 5.83. The first kappa shape index (κ1) is 21.9. The van der Waals surface area contributed by atoms with Gasteiger partial charge in [-0.05, 0) is 73.4 Å². The molecule has 0 bridgehead atoms. The summed E-state index contributed by atoms with van der Waals surface area (Å²) in [5, 5.41) is 0.923. The number of fused-ring (bicyclic) bond motifs is 2. The van der Waals surface area contributed by atoms with E-state index in [1.165, 1.54) is 31.0 Å². The Morgan fingerprint density at radius 1 is 1.27 bits per heavy atom. The number of aromatic amines is 1. The molecule has 2 aliphatic rings. The van der Waals surface area contributed by atoms with Gasteiger partial charge in [-0.15, -0.1) is 0 Å². The summed E-state index contributed by atoms with van der Waals surface area (Å²) >= 11 is 0. The van der Waals surface area contributed by atoms with Crippen molar-refractivity contribution in [2.24, 2.45) is 17.6 Å². The molecule has 0 saturated heterocycles. The van der Waals surface area contributed by atoms with E-state index in [0.717, 1.165) is 36.0 Å². The molecule has 0 spiro atoms. The quantitative estimate of drug-likeness (QED) is 0.530. The van der Waals surface area contributed by atoms with E-state index < -0.39 is 11.7 Å². The first-order valence-corrected chi connectivity index (χ1v) is 11.6. The fourth-order valence-corrected chi connectivity index (χ4v) is 5.06. The highest BCUT2D eigenvalue weighted by molar-refractivity contribution is 5.95. The molecule has 174 valence electrons. The van der Waals surface area contributed by atoms with Crippen LogP contribution in [0, 0.1) is 23.5 Å². The maximum Gasteiger partial charge on any atom is 0.249 e. The van der Waals surface area contributed by atoms with Gasteiger partial charge in [-0.25, -0.2) is 8.78 Å². The first-order chi connectivity index (χ1) is 15.9. The van der Waals surface area contributed by atoms with Crippen LogP contribution in [0.4, 0.5) is 8.78 Å². The van der Waals surface area contributed by atoms with Crippen LogP contribution in [0.15, 0.2) is 36.5 Å². The molecule has 1 amide bonds. The number of hydrogen-bond acceptors (Lipinski definition) is 3. The van der Waals surface area contributed by atoms with Crippen molar-refractivity contribution in [1.29, 1.82) is 0 Å². The highest BCUT2D eigenvalue weighted by Crippen LogP contribution is 2.35. The number of aromatic nitrogens is 1. The van der Waals surface area contributed by atoms with Crippen molar-refractivity contribution in [3.8, 4) is 5.75 Å². The predicted molar refractivity (Wildman–Crippen MR) is 123 cm³/mol.